The highest BCUT2D eigenvalue weighted by atomic mass is 19.4. The minimum atomic E-state index is -4.38. The first-order chi connectivity index (χ1) is 10.2. The third-order valence-electron chi connectivity index (χ3n) is 5.51. The summed E-state index contributed by atoms with van der Waals surface area (Å²) in [7, 11) is 2.06. The number of piperidine rings is 2. The largest absolute Gasteiger partial charge is 0.416 e. The van der Waals surface area contributed by atoms with Crippen LogP contribution in [0.25, 0.3) is 0 Å². The van der Waals surface area contributed by atoms with Crippen LogP contribution in [0.1, 0.15) is 48.8 Å². The average Bonchev–Trinajstić information content (AvgIpc) is 2.39. The van der Waals surface area contributed by atoms with Gasteiger partial charge in [0.25, 0.3) is 0 Å². The van der Waals surface area contributed by atoms with Crippen LogP contribution in [0.3, 0.4) is 0 Å². The fourth-order valence-electron chi connectivity index (χ4n) is 4.32. The molecule has 1 aromatic carbocycles. The first kappa shape index (κ1) is 15.8. The van der Waals surface area contributed by atoms with Crippen molar-refractivity contribution in [2.45, 2.75) is 62.9 Å². The molecule has 0 aromatic heterocycles. The van der Waals surface area contributed by atoms with E-state index in [0.29, 0.717) is 18.4 Å². The molecule has 1 aromatic rings. The summed E-state index contributed by atoms with van der Waals surface area (Å²) < 4.78 is 39.4. The van der Waals surface area contributed by atoms with Crippen molar-refractivity contribution in [3.63, 3.8) is 0 Å². The summed E-state index contributed by atoms with van der Waals surface area (Å²) in [5.41, 5.74) is -1.16. The van der Waals surface area contributed by atoms with Crippen molar-refractivity contribution < 1.29 is 18.3 Å². The first-order valence-corrected chi connectivity index (χ1v) is 7.84. The molecule has 22 heavy (non-hydrogen) atoms. The standard InChI is InChI=1S/C17H22F3NO/c1-11-14(7-4-8-15(11)17(18,19)20)16(22)9-12-5-3-6-13(10-16)21(12)2/h4,7-8,12-13,22H,3,5-6,9-10H2,1-2H3. The van der Waals surface area contributed by atoms with E-state index in [1.54, 1.807) is 6.07 Å². The van der Waals surface area contributed by atoms with Crippen molar-refractivity contribution in [1.29, 1.82) is 0 Å². The molecule has 122 valence electrons. The number of aliphatic hydroxyl groups is 1. The molecule has 2 nitrogen and oxygen atoms in total. The van der Waals surface area contributed by atoms with Gasteiger partial charge in [-0.2, -0.15) is 13.2 Å². The highest BCUT2D eigenvalue weighted by Crippen LogP contribution is 2.46. The van der Waals surface area contributed by atoms with Crippen LogP contribution in [0.15, 0.2) is 18.2 Å². The van der Waals surface area contributed by atoms with E-state index in [9.17, 15) is 18.3 Å². The van der Waals surface area contributed by atoms with Crippen molar-refractivity contribution in [2.75, 3.05) is 7.05 Å². The van der Waals surface area contributed by atoms with Crippen LogP contribution in [0.5, 0.6) is 0 Å². The Morgan fingerprint density at radius 2 is 1.77 bits per heavy atom. The molecule has 2 bridgehead atoms. The summed E-state index contributed by atoms with van der Waals surface area (Å²) in [6.45, 7) is 1.48. The van der Waals surface area contributed by atoms with E-state index >= 15 is 0 Å². The minimum Gasteiger partial charge on any atom is -0.385 e. The summed E-state index contributed by atoms with van der Waals surface area (Å²) in [5.74, 6) is 0. The summed E-state index contributed by atoms with van der Waals surface area (Å²) in [4.78, 5) is 2.29. The molecular formula is C17H22F3NO. The van der Waals surface area contributed by atoms with E-state index < -0.39 is 17.3 Å². The van der Waals surface area contributed by atoms with E-state index in [1.807, 2.05) is 0 Å². The second-order valence-electron chi connectivity index (χ2n) is 6.82. The maximum absolute atomic E-state index is 13.1. The molecular weight excluding hydrogens is 291 g/mol. The Morgan fingerprint density at radius 1 is 1.18 bits per heavy atom. The molecule has 2 heterocycles. The molecule has 0 amide bonds. The number of alkyl halides is 3. The van der Waals surface area contributed by atoms with Crippen LogP contribution < -0.4 is 0 Å². The lowest BCUT2D eigenvalue weighted by atomic mass is 9.71. The zero-order chi connectivity index (χ0) is 16.1. The van der Waals surface area contributed by atoms with Gasteiger partial charge in [-0.1, -0.05) is 18.6 Å². The van der Waals surface area contributed by atoms with Crippen LogP contribution in [0, 0.1) is 6.92 Å². The first-order valence-electron chi connectivity index (χ1n) is 7.84. The zero-order valence-electron chi connectivity index (χ0n) is 13.0. The summed E-state index contributed by atoms with van der Waals surface area (Å²) in [6, 6.07) is 4.68. The van der Waals surface area contributed by atoms with Gasteiger partial charge in [0.15, 0.2) is 0 Å². The zero-order valence-corrected chi connectivity index (χ0v) is 13.0. The van der Waals surface area contributed by atoms with Gasteiger partial charge in [0.1, 0.15) is 0 Å². The fourth-order valence-corrected chi connectivity index (χ4v) is 4.32. The van der Waals surface area contributed by atoms with Crippen molar-refractivity contribution in [2.24, 2.45) is 0 Å². The van der Waals surface area contributed by atoms with Gasteiger partial charge in [-0.15, -0.1) is 0 Å². The second kappa shape index (κ2) is 5.24. The number of halogens is 3. The third-order valence-corrected chi connectivity index (χ3v) is 5.51. The van der Waals surface area contributed by atoms with Gasteiger partial charge >= 0.3 is 6.18 Å². The SMILES string of the molecule is Cc1c(C(F)(F)F)cccc1C1(O)CC2CCCC(C1)N2C. The highest BCUT2D eigenvalue weighted by molar-refractivity contribution is 5.40. The number of hydrogen-bond donors (Lipinski definition) is 1. The van der Waals surface area contributed by atoms with Crippen molar-refractivity contribution in [1.82, 2.24) is 4.90 Å². The van der Waals surface area contributed by atoms with Crippen LogP contribution in [-0.4, -0.2) is 29.1 Å². The molecule has 0 saturated carbocycles. The lowest BCUT2D eigenvalue weighted by Crippen LogP contribution is -2.55. The number of rotatable bonds is 1. The molecule has 2 saturated heterocycles. The summed E-state index contributed by atoms with van der Waals surface area (Å²) in [5, 5.41) is 11.1. The Labute approximate surface area is 128 Å². The topological polar surface area (TPSA) is 23.5 Å². The van der Waals surface area contributed by atoms with Crippen LogP contribution in [-0.2, 0) is 11.8 Å². The van der Waals surface area contributed by atoms with Gasteiger partial charge in [0, 0.05) is 12.1 Å². The average molecular weight is 313 g/mol. The van der Waals surface area contributed by atoms with Crippen molar-refractivity contribution >= 4 is 0 Å². The predicted octanol–water partition coefficient (Wildman–Crippen LogP) is 3.85. The molecule has 2 aliphatic heterocycles. The van der Waals surface area contributed by atoms with E-state index in [0.717, 1.165) is 25.3 Å². The molecule has 5 heteroatoms. The summed E-state index contributed by atoms with van der Waals surface area (Å²) in [6.07, 6.45) is -0.194. The number of nitrogens with zero attached hydrogens (tertiary/aromatic N) is 1. The quantitative estimate of drug-likeness (QED) is 0.851. The van der Waals surface area contributed by atoms with Gasteiger partial charge in [-0.05, 0) is 56.8 Å². The lowest BCUT2D eigenvalue weighted by molar-refractivity contribution is -0.138. The van der Waals surface area contributed by atoms with Crippen LogP contribution >= 0.6 is 0 Å². The molecule has 1 N–H and O–H groups in total. The van der Waals surface area contributed by atoms with Gasteiger partial charge < -0.3 is 10.0 Å². The Hall–Kier alpha value is -1.07. The maximum Gasteiger partial charge on any atom is 0.416 e. The Kier molecular flexibility index (Phi) is 3.76. The van der Waals surface area contributed by atoms with Crippen molar-refractivity contribution in [3.05, 3.63) is 34.9 Å². The van der Waals surface area contributed by atoms with E-state index in [1.165, 1.54) is 13.0 Å². The van der Waals surface area contributed by atoms with Crippen LogP contribution in [0.2, 0.25) is 0 Å². The van der Waals surface area contributed by atoms with Gasteiger partial charge in [0.2, 0.25) is 0 Å². The molecule has 0 spiro atoms. The minimum absolute atomic E-state index is 0.167. The predicted molar refractivity (Wildman–Crippen MR) is 78.5 cm³/mol. The highest BCUT2D eigenvalue weighted by Gasteiger charge is 2.46. The van der Waals surface area contributed by atoms with Gasteiger partial charge in [-0.25, -0.2) is 0 Å². The van der Waals surface area contributed by atoms with E-state index in [4.69, 9.17) is 0 Å². The third kappa shape index (κ3) is 2.54. The number of fused-ring (bicyclic) bond motifs is 2. The fraction of sp³-hybridized carbons (Fsp3) is 0.647. The van der Waals surface area contributed by atoms with Gasteiger partial charge in [-0.3, -0.25) is 0 Å². The molecule has 2 aliphatic rings. The molecule has 2 atom stereocenters. The number of hydrogen-bond acceptors (Lipinski definition) is 2. The second-order valence-corrected chi connectivity index (χ2v) is 6.82. The molecule has 0 radical (unpaired) electrons. The lowest BCUT2D eigenvalue weighted by Gasteiger charge is -2.51. The Bertz CT molecular complexity index is 556. The smallest absolute Gasteiger partial charge is 0.385 e. The molecule has 2 fully saturated rings. The van der Waals surface area contributed by atoms with E-state index in [-0.39, 0.29) is 17.6 Å². The molecule has 3 rings (SSSR count). The molecule has 0 aliphatic carbocycles. The monoisotopic (exact) mass is 313 g/mol. The van der Waals surface area contributed by atoms with Gasteiger partial charge in [0.05, 0.1) is 11.2 Å². The maximum atomic E-state index is 13.1. The van der Waals surface area contributed by atoms with Crippen LogP contribution in [0.4, 0.5) is 13.2 Å². The summed E-state index contributed by atoms with van der Waals surface area (Å²) >= 11 is 0. The van der Waals surface area contributed by atoms with E-state index in [2.05, 4.69) is 11.9 Å². The molecule has 2 unspecified atom stereocenters. The van der Waals surface area contributed by atoms with Crippen molar-refractivity contribution in [3.8, 4) is 0 Å². The normalized spacial score (nSPS) is 33.0. The number of benzene rings is 1. The Balaban J connectivity index is 2.00. The Morgan fingerprint density at radius 3 is 2.32 bits per heavy atom.